The normalized spacial score (nSPS) is 21.7. The molecule has 0 bridgehead atoms. The minimum atomic E-state index is -0.142. The Bertz CT molecular complexity index is 3760. The van der Waals surface area contributed by atoms with Gasteiger partial charge in [-0.05, 0) is 234 Å². The standard InChI is InChI=1S/C75H91BN2O/c1-44-35-61-64-62(36-44)78(59-26-22-46(67(2,3)4)38-48(59)45-21-24-50-52(37-45)70(9,10)29-27-68(50,5)6)65-49-40-54-57(75(19,20)34-31-72(54,13)14)43-63(49)79-66(65)76(64)58-41-55-56(74(17,18)33-32-73(55,15)16)42-60(58)77(61)47-23-25-51-53(39-47)71(11,12)30-28-69(51,7)8/h21-26,35-43H,27-34H2,1-20H3. The van der Waals surface area contributed by atoms with Crippen molar-refractivity contribution in [1.82, 2.24) is 0 Å². The third kappa shape index (κ3) is 7.77. The van der Waals surface area contributed by atoms with Gasteiger partial charge in [-0.15, -0.1) is 0 Å². The van der Waals surface area contributed by atoms with Crippen LogP contribution in [-0.2, 0) is 48.7 Å². The largest absolute Gasteiger partial charge is 0.468 e. The van der Waals surface area contributed by atoms with E-state index in [-0.39, 0.29) is 55.4 Å². The molecule has 0 unspecified atom stereocenters. The number of hydrogen-bond acceptors (Lipinski definition) is 3. The first-order valence-electron chi connectivity index (χ1n) is 30.6. The Kier molecular flexibility index (Phi) is 11.0. The van der Waals surface area contributed by atoms with Crippen LogP contribution in [0.4, 0.5) is 34.1 Å². The maximum Gasteiger partial charge on any atom is 0.297 e. The molecular formula is C75H91BN2O. The summed E-state index contributed by atoms with van der Waals surface area (Å²) in [5.74, 6) is 0. The average Bonchev–Trinajstić information content (AvgIpc) is 3.51. The van der Waals surface area contributed by atoms with Crippen molar-refractivity contribution in [2.45, 2.75) is 239 Å². The van der Waals surface area contributed by atoms with E-state index in [2.05, 4.69) is 239 Å². The van der Waals surface area contributed by atoms with E-state index >= 15 is 0 Å². The van der Waals surface area contributed by atoms with Gasteiger partial charge in [0.2, 0.25) is 0 Å². The van der Waals surface area contributed by atoms with Crippen LogP contribution in [0.5, 0.6) is 0 Å². The molecule has 0 amide bonds. The molecule has 4 aliphatic carbocycles. The molecule has 3 heterocycles. The van der Waals surface area contributed by atoms with E-state index < -0.39 is 0 Å². The summed E-state index contributed by atoms with van der Waals surface area (Å²) in [4.78, 5) is 5.42. The van der Waals surface area contributed by atoms with Crippen molar-refractivity contribution in [3.8, 4) is 11.1 Å². The lowest BCUT2D eigenvalue weighted by Gasteiger charge is -2.47. The second kappa shape index (κ2) is 16.4. The van der Waals surface area contributed by atoms with E-state index in [0.717, 1.165) is 36.9 Å². The molecule has 6 aliphatic rings. The van der Waals surface area contributed by atoms with Crippen LogP contribution in [0, 0.1) is 6.92 Å². The van der Waals surface area contributed by atoms with Crippen LogP contribution in [0.2, 0.25) is 0 Å². The van der Waals surface area contributed by atoms with Crippen molar-refractivity contribution < 1.29 is 4.42 Å². The molecule has 7 aromatic rings. The molecule has 0 saturated heterocycles. The predicted molar refractivity (Wildman–Crippen MR) is 340 cm³/mol. The third-order valence-electron chi connectivity index (χ3n) is 22.1. The van der Waals surface area contributed by atoms with Crippen LogP contribution in [0.1, 0.15) is 239 Å². The molecule has 3 nitrogen and oxygen atoms in total. The average molecular weight is 1050 g/mol. The smallest absolute Gasteiger partial charge is 0.297 e. The summed E-state index contributed by atoms with van der Waals surface area (Å²) in [7, 11) is 0. The number of hydrogen-bond donors (Lipinski definition) is 0. The molecule has 410 valence electrons. The van der Waals surface area contributed by atoms with Gasteiger partial charge in [-0.25, -0.2) is 0 Å². The van der Waals surface area contributed by atoms with Gasteiger partial charge in [-0.3, -0.25) is 0 Å². The number of furan rings is 1. The van der Waals surface area contributed by atoms with E-state index in [9.17, 15) is 0 Å². The molecule has 0 spiro atoms. The molecular weight excluding hydrogens is 956 g/mol. The fraction of sp³-hybridized carbons (Fsp3) is 0.493. The quantitative estimate of drug-likeness (QED) is 0.164. The number of anilines is 6. The van der Waals surface area contributed by atoms with E-state index in [1.165, 1.54) is 143 Å². The van der Waals surface area contributed by atoms with Gasteiger partial charge in [-0.2, -0.15) is 0 Å². The highest BCUT2D eigenvalue weighted by atomic mass is 16.3. The Labute approximate surface area is 476 Å². The molecule has 1 aromatic heterocycles. The zero-order valence-corrected chi connectivity index (χ0v) is 52.2. The van der Waals surface area contributed by atoms with Gasteiger partial charge < -0.3 is 14.2 Å². The first kappa shape index (κ1) is 52.9. The van der Waals surface area contributed by atoms with Crippen molar-refractivity contribution >= 4 is 68.4 Å². The van der Waals surface area contributed by atoms with Gasteiger partial charge in [0.05, 0.1) is 17.0 Å². The number of benzene rings is 6. The fourth-order valence-electron chi connectivity index (χ4n) is 16.2. The Balaban J connectivity index is 1.17. The molecule has 0 radical (unpaired) electrons. The lowest BCUT2D eigenvalue weighted by molar-refractivity contribution is 0.332. The molecule has 0 N–H and O–H groups in total. The molecule has 2 aliphatic heterocycles. The molecule has 79 heavy (non-hydrogen) atoms. The highest BCUT2D eigenvalue weighted by Crippen LogP contribution is 2.57. The van der Waals surface area contributed by atoms with Crippen molar-refractivity contribution in [3.05, 3.63) is 147 Å². The first-order valence-corrected chi connectivity index (χ1v) is 30.6. The van der Waals surface area contributed by atoms with E-state index in [1.807, 2.05) is 0 Å². The van der Waals surface area contributed by atoms with E-state index in [0.29, 0.717) is 0 Å². The van der Waals surface area contributed by atoms with Crippen LogP contribution in [-0.4, -0.2) is 6.71 Å². The van der Waals surface area contributed by atoms with Gasteiger partial charge in [0.25, 0.3) is 6.71 Å². The number of rotatable bonds is 3. The van der Waals surface area contributed by atoms with Crippen molar-refractivity contribution in [2.24, 2.45) is 0 Å². The Morgan fingerprint density at radius 3 is 1.42 bits per heavy atom. The highest BCUT2D eigenvalue weighted by molar-refractivity contribution is 7.00. The second-order valence-electron chi connectivity index (χ2n) is 32.5. The Morgan fingerprint density at radius 2 is 0.873 bits per heavy atom. The molecule has 0 atom stereocenters. The van der Waals surface area contributed by atoms with Gasteiger partial charge in [0.1, 0.15) is 5.58 Å². The van der Waals surface area contributed by atoms with Crippen molar-refractivity contribution in [2.75, 3.05) is 9.80 Å². The minimum Gasteiger partial charge on any atom is -0.468 e. The van der Waals surface area contributed by atoms with Crippen LogP contribution in [0.3, 0.4) is 0 Å². The van der Waals surface area contributed by atoms with E-state index in [4.69, 9.17) is 4.42 Å². The lowest BCUT2D eigenvalue weighted by atomic mass is 9.35. The lowest BCUT2D eigenvalue weighted by Crippen LogP contribution is -2.61. The molecule has 6 aromatic carbocycles. The molecule has 13 rings (SSSR count). The Morgan fingerprint density at radius 1 is 0.418 bits per heavy atom. The van der Waals surface area contributed by atoms with Crippen LogP contribution >= 0.6 is 0 Å². The molecule has 4 heteroatoms. The third-order valence-corrected chi connectivity index (χ3v) is 22.1. The highest BCUT2D eigenvalue weighted by Gasteiger charge is 2.51. The maximum atomic E-state index is 7.90. The second-order valence-corrected chi connectivity index (χ2v) is 32.5. The number of aryl methyl sites for hydroxylation is 1. The van der Waals surface area contributed by atoms with Crippen molar-refractivity contribution in [1.29, 1.82) is 0 Å². The van der Waals surface area contributed by atoms with Crippen LogP contribution in [0.25, 0.3) is 22.1 Å². The summed E-state index contributed by atoms with van der Waals surface area (Å²) in [6, 6.07) is 38.1. The van der Waals surface area contributed by atoms with E-state index in [1.54, 1.807) is 0 Å². The van der Waals surface area contributed by atoms with Gasteiger partial charge in [0.15, 0.2) is 0 Å². The summed E-state index contributed by atoms with van der Waals surface area (Å²) in [6.45, 7) is 48.9. The number of nitrogens with zero attached hydrogens (tertiary/aromatic N) is 2. The maximum absolute atomic E-state index is 7.90. The molecule has 0 saturated carbocycles. The van der Waals surface area contributed by atoms with Gasteiger partial charge in [-0.1, -0.05) is 168 Å². The SMILES string of the molecule is Cc1cc2c3c(c1)N(c1ccc(C(C)(C)C)cc1-c1ccc4c(c1)C(C)(C)CCC4(C)C)c1c(oc4cc5c(cc14)C(C)(C)CCC5(C)C)B3c1cc3c(cc1N2c1ccc2c(c1)C(C)(C)CCC2(C)C)C(C)(C)CCC3(C)C. The van der Waals surface area contributed by atoms with Gasteiger partial charge >= 0.3 is 0 Å². The first-order chi connectivity index (χ1) is 36.6. The molecule has 0 fully saturated rings. The fourth-order valence-corrected chi connectivity index (χ4v) is 16.2. The van der Waals surface area contributed by atoms with Crippen LogP contribution < -0.4 is 26.4 Å². The summed E-state index contributed by atoms with van der Waals surface area (Å²) < 4.78 is 7.90. The monoisotopic (exact) mass is 1050 g/mol. The topological polar surface area (TPSA) is 19.6 Å². The summed E-state index contributed by atoms with van der Waals surface area (Å²) in [5, 5.41) is 1.22. The summed E-state index contributed by atoms with van der Waals surface area (Å²) in [6.07, 6.45) is 9.34. The summed E-state index contributed by atoms with van der Waals surface area (Å²) in [5.41, 5.74) is 29.6. The zero-order chi connectivity index (χ0) is 56.5. The van der Waals surface area contributed by atoms with Crippen molar-refractivity contribution in [3.63, 3.8) is 0 Å². The predicted octanol–water partition coefficient (Wildman–Crippen LogP) is 19.2. The van der Waals surface area contributed by atoms with Gasteiger partial charge in [0, 0.05) is 33.7 Å². The number of fused-ring (bicyclic) bond motifs is 10. The Hall–Kier alpha value is -5.48. The zero-order valence-electron chi connectivity index (χ0n) is 52.2. The minimum absolute atomic E-state index is 0.0124. The summed E-state index contributed by atoms with van der Waals surface area (Å²) >= 11 is 0. The van der Waals surface area contributed by atoms with Crippen LogP contribution in [0.15, 0.2) is 95.4 Å².